The Hall–Kier alpha value is -1.40. The van der Waals surface area contributed by atoms with E-state index >= 15 is 0 Å². The highest BCUT2D eigenvalue weighted by Crippen LogP contribution is 2.25. The van der Waals surface area contributed by atoms with Crippen LogP contribution >= 0.6 is 0 Å². The van der Waals surface area contributed by atoms with E-state index in [2.05, 4.69) is 4.72 Å². The van der Waals surface area contributed by atoms with Gasteiger partial charge in [0.05, 0.1) is 4.90 Å². The number of aryl methyl sites for hydroxylation is 1. The molecule has 1 fully saturated rings. The number of rotatable bonds is 6. The van der Waals surface area contributed by atoms with Gasteiger partial charge in [-0.25, -0.2) is 13.1 Å². The second-order valence-corrected chi connectivity index (χ2v) is 8.13. The molecule has 0 heterocycles. The number of amides is 1. The van der Waals surface area contributed by atoms with Crippen molar-refractivity contribution in [2.75, 3.05) is 13.1 Å². The van der Waals surface area contributed by atoms with Crippen molar-refractivity contribution in [3.05, 3.63) is 29.3 Å². The average Bonchev–Trinajstić information content (AvgIpc) is 2.56. The first-order chi connectivity index (χ1) is 11.4. The molecule has 1 aromatic carbocycles. The van der Waals surface area contributed by atoms with Crippen molar-refractivity contribution in [3.8, 4) is 0 Å². The van der Waals surface area contributed by atoms with E-state index in [1.807, 2.05) is 18.7 Å². The van der Waals surface area contributed by atoms with Gasteiger partial charge in [0.15, 0.2) is 0 Å². The Labute approximate surface area is 145 Å². The molecule has 0 atom stereocenters. The quantitative estimate of drug-likeness (QED) is 0.855. The molecule has 1 amide bonds. The van der Waals surface area contributed by atoms with Crippen LogP contribution in [0.3, 0.4) is 0 Å². The van der Waals surface area contributed by atoms with E-state index in [1.54, 1.807) is 19.1 Å². The van der Waals surface area contributed by atoms with E-state index < -0.39 is 10.0 Å². The molecular weight excluding hydrogens is 324 g/mol. The van der Waals surface area contributed by atoms with Gasteiger partial charge in [0.2, 0.25) is 10.0 Å². The maximum atomic E-state index is 13.0. The standard InChI is InChI=1S/C18H28N2O3S/c1-4-19-24(22,23)16-12-11-14(3)17(13-16)18(21)20(5-2)15-9-7-6-8-10-15/h11-13,15,19H,4-10H2,1-3H3. The van der Waals surface area contributed by atoms with Crippen LogP contribution in [0, 0.1) is 6.92 Å². The summed E-state index contributed by atoms with van der Waals surface area (Å²) in [6, 6.07) is 5.05. The zero-order valence-corrected chi connectivity index (χ0v) is 15.7. The highest BCUT2D eigenvalue weighted by atomic mass is 32.2. The van der Waals surface area contributed by atoms with Gasteiger partial charge >= 0.3 is 0 Å². The summed E-state index contributed by atoms with van der Waals surface area (Å²) in [6.07, 6.45) is 5.62. The van der Waals surface area contributed by atoms with E-state index in [4.69, 9.17) is 0 Å². The molecule has 1 aromatic rings. The number of nitrogens with one attached hydrogen (secondary N) is 1. The summed E-state index contributed by atoms with van der Waals surface area (Å²) < 4.78 is 26.9. The second-order valence-electron chi connectivity index (χ2n) is 6.36. The van der Waals surface area contributed by atoms with E-state index in [1.165, 1.54) is 12.5 Å². The lowest BCUT2D eigenvalue weighted by Crippen LogP contribution is -2.41. The van der Waals surface area contributed by atoms with Crippen molar-refractivity contribution < 1.29 is 13.2 Å². The Kier molecular flexibility index (Phi) is 6.40. The predicted molar refractivity (Wildman–Crippen MR) is 95.6 cm³/mol. The van der Waals surface area contributed by atoms with E-state index in [0.717, 1.165) is 31.2 Å². The molecule has 1 aliphatic carbocycles. The van der Waals surface area contributed by atoms with Gasteiger partial charge in [0.25, 0.3) is 5.91 Å². The van der Waals surface area contributed by atoms with Gasteiger partial charge in [-0.3, -0.25) is 4.79 Å². The smallest absolute Gasteiger partial charge is 0.254 e. The third kappa shape index (κ3) is 4.16. The monoisotopic (exact) mass is 352 g/mol. The first-order valence-corrected chi connectivity index (χ1v) is 10.3. The number of benzene rings is 1. The first-order valence-electron chi connectivity index (χ1n) is 8.82. The number of hydrogen-bond acceptors (Lipinski definition) is 3. The van der Waals surface area contributed by atoms with E-state index in [0.29, 0.717) is 18.7 Å². The molecule has 0 unspecified atom stereocenters. The van der Waals surface area contributed by atoms with Gasteiger partial charge in [-0.05, 0) is 44.4 Å². The van der Waals surface area contributed by atoms with Crippen LogP contribution in [0.5, 0.6) is 0 Å². The summed E-state index contributed by atoms with van der Waals surface area (Å²) in [7, 11) is -3.56. The van der Waals surface area contributed by atoms with Gasteiger partial charge in [0.1, 0.15) is 0 Å². The maximum Gasteiger partial charge on any atom is 0.254 e. The Morgan fingerprint density at radius 3 is 2.46 bits per heavy atom. The molecule has 6 heteroatoms. The van der Waals surface area contributed by atoms with Gasteiger partial charge in [-0.2, -0.15) is 0 Å². The average molecular weight is 353 g/mol. The summed E-state index contributed by atoms with van der Waals surface area (Å²) in [5.41, 5.74) is 1.30. The van der Waals surface area contributed by atoms with Gasteiger partial charge < -0.3 is 4.90 Å². The van der Waals surface area contributed by atoms with Crippen LogP contribution in [0.1, 0.15) is 61.9 Å². The summed E-state index contributed by atoms with van der Waals surface area (Å²) in [5, 5.41) is 0. The molecular formula is C18H28N2O3S. The normalized spacial score (nSPS) is 16.1. The minimum absolute atomic E-state index is 0.0598. The topological polar surface area (TPSA) is 66.5 Å². The SMILES string of the molecule is CCNS(=O)(=O)c1ccc(C)c(C(=O)N(CC)C2CCCCC2)c1. The summed E-state index contributed by atoms with van der Waals surface area (Å²) in [5.74, 6) is -0.0598. The lowest BCUT2D eigenvalue weighted by Gasteiger charge is -2.34. The van der Waals surface area contributed by atoms with Crippen LogP contribution in [0.2, 0.25) is 0 Å². The summed E-state index contributed by atoms with van der Waals surface area (Å²) >= 11 is 0. The minimum Gasteiger partial charge on any atom is -0.336 e. The van der Waals surface area contributed by atoms with Crippen molar-refractivity contribution in [1.82, 2.24) is 9.62 Å². The van der Waals surface area contributed by atoms with Crippen molar-refractivity contribution in [1.29, 1.82) is 0 Å². The van der Waals surface area contributed by atoms with Crippen LogP contribution in [0.25, 0.3) is 0 Å². The van der Waals surface area contributed by atoms with Crippen LogP contribution in [0.15, 0.2) is 23.1 Å². The van der Waals surface area contributed by atoms with Crippen LogP contribution in [-0.2, 0) is 10.0 Å². The minimum atomic E-state index is -3.56. The molecule has 5 nitrogen and oxygen atoms in total. The molecule has 0 bridgehead atoms. The zero-order valence-electron chi connectivity index (χ0n) is 14.8. The van der Waals surface area contributed by atoms with Gasteiger partial charge in [-0.15, -0.1) is 0 Å². The number of carbonyl (C=O) groups is 1. The number of sulfonamides is 1. The molecule has 0 spiro atoms. The van der Waals surface area contributed by atoms with Crippen molar-refractivity contribution in [3.63, 3.8) is 0 Å². The van der Waals surface area contributed by atoms with Crippen molar-refractivity contribution in [2.45, 2.75) is 63.8 Å². The fraction of sp³-hybridized carbons (Fsp3) is 0.611. The van der Waals surface area contributed by atoms with E-state index in [9.17, 15) is 13.2 Å². The van der Waals surface area contributed by atoms with Gasteiger partial charge in [-0.1, -0.05) is 32.3 Å². The van der Waals surface area contributed by atoms with E-state index in [-0.39, 0.29) is 16.8 Å². The molecule has 1 saturated carbocycles. The Morgan fingerprint density at radius 2 is 1.88 bits per heavy atom. The molecule has 0 aliphatic heterocycles. The molecule has 0 radical (unpaired) electrons. The Morgan fingerprint density at radius 1 is 1.21 bits per heavy atom. The predicted octanol–water partition coefficient (Wildman–Crippen LogP) is 3.09. The Bertz CT molecular complexity index is 680. The third-order valence-electron chi connectivity index (χ3n) is 4.70. The molecule has 0 aromatic heterocycles. The highest BCUT2D eigenvalue weighted by Gasteiger charge is 2.27. The second kappa shape index (κ2) is 8.12. The fourth-order valence-electron chi connectivity index (χ4n) is 3.39. The largest absolute Gasteiger partial charge is 0.336 e. The molecule has 134 valence electrons. The third-order valence-corrected chi connectivity index (χ3v) is 6.24. The first kappa shape index (κ1) is 18.9. The Balaban J connectivity index is 2.33. The number of carbonyl (C=O) groups excluding carboxylic acids is 1. The summed E-state index contributed by atoms with van der Waals surface area (Å²) in [6.45, 7) is 6.54. The molecule has 1 aliphatic rings. The molecule has 24 heavy (non-hydrogen) atoms. The molecule has 1 N–H and O–H groups in total. The highest BCUT2D eigenvalue weighted by molar-refractivity contribution is 7.89. The maximum absolute atomic E-state index is 13.0. The molecule has 0 saturated heterocycles. The summed E-state index contributed by atoms with van der Waals surface area (Å²) in [4.78, 5) is 15.1. The van der Waals surface area contributed by atoms with Crippen LogP contribution in [-0.4, -0.2) is 38.4 Å². The van der Waals surface area contributed by atoms with Crippen molar-refractivity contribution in [2.24, 2.45) is 0 Å². The lowest BCUT2D eigenvalue weighted by atomic mass is 9.93. The fourth-order valence-corrected chi connectivity index (χ4v) is 4.45. The number of hydrogen-bond donors (Lipinski definition) is 1. The lowest BCUT2D eigenvalue weighted by molar-refractivity contribution is 0.0647. The zero-order chi connectivity index (χ0) is 17.7. The van der Waals surface area contributed by atoms with Gasteiger partial charge in [0, 0.05) is 24.7 Å². The van der Waals surface area contributed by atoms with Crippen LogP contribution < -0.4 is 4.72 Å². The number of nitrogens with zero attached hydrogens (tertiary/aromatic N) is 1. The van der Waals surface area contributed by atoms with Crippen molar-refractivity contribution >= 4 is 15.9 Å². The molecule has 2 rings (SSSR count). The van der Waals surface area contributed by atoms with Crippen LogP contribution in [0.4, 0.5) is 0 Å².